The standard InChI is InChI=1S/C28H40N8O5/c1-25(2,3)15-9-14(10-16(11-15)26(4,5)6)22(39)32-18-13-36-24(30)31-17(12-35-19(37)7-8-20(35)38)21-27(36,28(18,40)41)34-23(29)33-21/h9-11,17-18,21,40-41H,7-8,12-13H2,1-6H3,(H2,30,31)(H,32,39)(H3,29,33,34)/t17-,18?,21-,27-/m0/s1. The van der Waals surface area contributed by atoms with Crippen molar-refractivity contribution in [1.29, 1.82) is 10.8 Å². The van der Waals surface area contributed by atoms with Gasteiger partial charge in [0.1, 0.15) is 6.04 Å². The molecule has 13 nitrogen and oxygen atoms in total. The van der Waals surface area contributed by atoms with Crippen LogP contribution in [0.15, 0.2) is 18.2 Å². The Morgan fingerprint density at radius 2 is 1.56 bits per heavy atom. The van der Waals surface area contributed by atoms with E-state index in [0.717, 1.165) is 16.0 Å². The molecule has 4 heterocycles. The lowest BCUT2D eigenvalue weighted by molar-refractivity contribution is -0.232. The molecule has 4 saturated heterocycles. The summed E-state index contributed by atoms with van der Waals surface area (Å²) in [6.45, 7) is 12.1. The molecule has 4 fully saturated rings. The maximum atomic E-state index is 13.7. The third kappa shape index (κ3) is 4.51. The summed E-state index contributed by atoms with van der Waals surface area (Å²) in [5.41, 5.74) is 0.00648. The van der Waals surface area contributed by atoms with Crippen molar-refractivity contribution >= 4 is 29.6 Å². The number of benzene rings is 1. The molecule has 222 valence electrons. The van der Waals surface area contributed by atoms with Gasteiger partial charge in [0.15, 0.2) is 17.6 Å². The Bertz CT molecular complexity index is 1300. The molecular formula is C28H40N8O5. The van der Waals surface area contributed by atoms with Gasteiger partial charge in [-0.15, -0.1) is 0 Å². The molecule has 13 heteroatoms. The second-order valence-electron chi connectivity index (χ2n) is 13.5. The number of rotatable bonds is 4. The van der Waals surface area contributed by atoms with E-state index in [4.69, 9.17) is 10.8 Å². The molecule has 1 unspecified atom stereocenters. The molecule has 4 aliphatic heterocycles. The van der Waals surface area contributed by atoms with Crippen molar-refractivity contribution in [3.05, 3.63) is 34.9 Å². The number of hydrogen-bond donors (Lipinski definition) is 8. The van der Waals surface area contributed by atoms with Gasteiger partial charge in [0, 0.05) is 24.9 Å². The minimum atomic E-state index is -2.66. The maximum Gasteiger partial charge on any atom is 0.251 e. The first-order valence-corrected chi connectivity index (χ1v) is 13.9. The molecule has 41 heavy (non-hydrogen) atoms. The number of carbonyl (C=O) groups is 3. The predicted molar refractivity (Wildman–Crippen MR) is 150 cm³/mol. The molecule has 0 radical (unpaired) electrons. The number of aliphatic hydroxyl groups is 2. The minimum absolute atomic E-state index is 0.0951. The molecule has 0 aromatic heterocycles. The van der Waals surface area contributed by atoms with Crippen LogP contribution in [0, 0.1) is 10.8 Å². The molecular weight excluding hydrogens is 528 g/mol. The molecule has 8 N–H and O–H groups in total. The SMILES string of the molecule is CC(C)(C)c1cc(C(=O)NC2CN3C(=N)N[C@@H](CN4C(=O)CCC4=O)[C@@H]4NC(=N)N[C@@]43C2(O)O)cc(C(C)(C)C)c1. The fraction of sp³-hybridized carbons (Fsp3) is 0.607. The van der Waals surface area contributed by atoms with Crippen molar-refractivity contribution in [3.8, 4) is 0 Å². The van der Waals surface area contributed by atoms with Crippen molar-refractivity contribution < 1.29 is 24.6 Å². The molecule has 4 aliphatic rings. The summed E-state index contributed by atoms with van der Waals surface area (Å²) in [4.78, 5) is 40.8. The lowest BCUT2D eigenvalue weighted by atomic mass is 9.79. The molecule has 3 amide bonds. The zero-order valence-corrected chi connectivity index (χ0v) is 24.3. The average Bonchev–Trinajstić information content (AvgIpc) is 3.45. The topological polar surface area (TPSA) is 194 Å². The van der Waals surface area contributed by atoms with Crippen molar-refractivity contribution in [2.45, 2.75) is 94.8 Å². The summed E-state index contributed by atoms with van der Waals surface area (Å²) in [5.74, 6) is -4.26. The number of amides is 3. The number of likely N-dealkylation sites (tertiary alicyclic amines) is 1. The van der Waals surface area contributed by atoms with Gasteiger partial charge in [-0.1, -0.05) is 47.6 Å². The first-order valence-electron chi connectivity index (χ1n) is 13.9. The van der Waals surface area contributed by atoms with Crippen molar-refractivity contribution in [2.75, 3.05) is 13.1 Å². The highest BCUT2D eigenvalue weighted by Gasteiger charge is 2.74. The monoisotopic (exact) mass is 568 g/mol. The van der Waals surface area contributed by atoms with Gasteiger partial charge in [-0.3, -0.25) is 30.1 Å². The van der Waals surface area contributed by atoms with Gasteiger partial charge in [-0.05, 0) is 34.1 Å². The van der Waals surface area contributed by atoms with E-state index in [1.54, 1.807) is 12.1 Å². The molecule has 5 rings (SSSR count). The summed E-state index contributed by atoms with van der Waals surface area (Å²) in [6, 6.07) is 2.68. The zero-order valence-electron chi connectivity index (χ0n) is 24.3. The van der Waals surface area contributed by atoms with Crippen molar-refractivity contribution in [3.63, 3.8) is 0 Å². The van der Waals surface area contributed by atoms with Gasteiger partial charge in [0.2, 0.25) is 17.6 Å². The Morgan fingerprint density at radius 3 is 2.10 bits per heavy atom. The van der Waals surface area contributed by atoms with E-state index < -0.39 is 35.5 Å². The van der Waals surface area contributed by atoms with Crippen LogP contribution >= 0.6 is 0 Å². The van der Waals surface area contributed by atoms with E-state index in [9.17, 15) is 24.6 Å². The van der Waals surface area contributed by atoms with E-state index in [2.05, 4.69) is 68.9 Å². The number of carbonyl (C=O) groups excluding carboxylic acids is 3. The first kappa shape index (κ1) is 28.8. The van der Waals surface area contributed by atoms with Gasteiger partial charge in [0.25, 0.3) is 5.91 Å². The number of guanidine groups is 2. The summed E-state index contributed by atoms with van der Waals surface area (Å²) in [6.07, 6.45) is 0.190. The predicted octanol–water partition coefficient (Wildman–Crippen LogP) is -0.375. The van der Waals surface area contributed by atoms with Crippen LogP contribution in [-0.4, -0.2) is 92.3 Å². The van der Waals surface area contributed by atoms with Crippen molar-refractivity contribution in [1.82, 2.24) is 31.1 Å². The van der Waals surface area contributed by atoms with Gasteiger partial charge in [-0.2, -0.15) is 0 Å². The molecule has 1 aromatic rings. The summed E-state index contributed by atoms with van der Waals surface area (Å²) in [5, 5.41) is 51.9. The fourth-order valence-electron chi connectivity index (χ4n) is 6.22. The summed E-state index contributed by atoms with van der Waals surface area (Å²) in [7, 11) is 0. The molecule has 0 aliphatic carbocycles. The largest absolute Gasteiger partial charge is 0.361 e. The van der Waals surface area contributed by atoms with Crippen LogP contribution in [0.4, 0.5) is 0 Å². The maximum absolute atomic E-state index is 13.7. The second kappa shape index (κ2) is 9.15. The zero-order chi connectivity index (χ0) is 30.3. The van der Waals surface area contributed by atoms with Gasteiger partial charge >= 0.3 is 0 Å². The van der Waals surface area contributed by atoms with Crippen LogP contribution in [-0.2, 0) is 20.4 Å². The first-order chi connectivity index (χ1) is 18.9. The third-order valence-electron chi connectivity index (χ3n) is 8.66. The smallest absolute Gasteiger partial charge is 0.251 e. The Kier molecular flexibility index (Phi) is 6.43. The van der Waals surface area contributed by atoms with Crippen LogP contribution in [0.3, 0.4) is 0 Å². The molecule has 0 saturated carbocycles. The molecule has 1 spiro atoms. The van der Waals surface area contributed by atoms with Crippen LogP contribution in [0.2, 0.25) is 0 Å². The fourth-order valence-corrected chi connectivity index (χ4v) is 6.22. The quantitative estimate of drug-likeness (QED) is 0.177. The molecule has 0 bridgehead atoms. The number of nitrogens with zero attached hydrogens (tertiary/aromatic N) is 2. The average molecular weight is 569 g/mol. The molecule has 4 atom stereocenters. The Labute approximate surface area is 239 Å². The number of hydrogen-bond acceptors (Lipinski definition) is 7. The third-order valence-corrected chi connectivity index (χ3v) is 8.66. The van der Waals surface area contributed by atoms with Gasteiger partial charge in [-0.25, -0.2) is 0 Å². The second-order valence-corrected chi connectivity index (χ2v) is 13.5. The van der Waals surface area contributed by atoms with E-state index >= 15 is 0 Å². The van der Waals surface area contributed by atoms with Crippen molar-refractivity contribution in [2.24, 2.45) is 0 Å². The highest BCUT2D eigenvalue weighted by Crippen LogP contribution is 2.43. The minimum Gasteiger partial charge on any atom is -0.361 e. The van der Waals surface area contributed by atoms with E-state index in [0.29, 0.717) is 5.56 Å². The normalized spacial score (nSPS) is 29.1. The summed E-state index contributed by atoms with van der Waals surface area (Å²) >= 11 is 0. The highest BCUT2D eigenvalue weighted by atomic mass is 16.5. The van der Waals surface area contributed by atoms with Crippen LogP contribution in [0.1, 0.15) is 75.9 Å². The Morgan fingerprint density at radius 1 is 1.00 bits per heavy atom. The van der Waals surface area contributed by atoms with Crippen LogP contribution < -0.4 is 21.3 Å². The number of imide groups is 1. The van der Waals surface area contributed by atoms with E-state index in [1.165, 1.54) is 4.90 Å². The Hall–Kier alpha value is -3.71. The lowest BCUT2D eigenvalue weighted by Crippen LogP contribution is -2.81. The van der Waals surface area contributed by atoms with Gasteiger partial charge < -0.3 is 36.4 Å². The highest BCUT2D eigenvalue weighted by molar-refractivity contribution is 6.02. The van der Waals surface area contributed by atoms with E-state index in [-0.39, 0.29) is 60.5 Å². The van der Waals surface area contributed by atoms with Crippen LogP contribution in [0.25, 0.3) is 0 Å². The van der Waals surface area contributed by atoms with Crippen LogP contribution in [0.5, 0.6) is 0 Å². The Balaban J connectivity index is 1.47. The van der Waals surface area contributed by atoms with E-state index in [1.807, 2.05) is 0 Å². The lowest BCUT2D eigenvalue weighted by Gasteiger charge is -2.51. The molecule has 1 aromatic carbocycles. The summed E-state index contributed by atoms with van der Waals surface area (Å²) < 4.78 is 0. The van der Waals surface area contributed by atoms with Gasteiger partial charge in [0.05, 0.1) is 18.6 Å². The number of nitrogens with one attached hydrogen (secondary N) is 6.